The highest BCUT2D eigenvalue weighted by Gasteiger charge is 2.30. The number of anilines is 1. The standard InChI is InChI=1S/C24H31N3O4/c1-16-7-5-8-20(17(16)2)26-23(28)14-25-24(29)15-27-12-6-9-21(27)19-13-18(30-3)10-11-22(19)31-4/h5,7-8,10-11,13,21H,6,9,12,14-15H2,1-4H3,(H,25,29)(H,26,28)/t21-/m0/s1. The number of hydrogen-bond donors (Lipinski definition) is 2. The van der Waals surface area contributed by atoms with E-state index in [-0.39, 0.29) is 30.9 Å². The van der Waals surface area contributed by atoms with E-state index in [1.54, 1.807) is 14.2 Å². The molecule has 1 saturated heterocycles. The summed E-state index contributed by atoms with van der Waals surface area (Å²) in [5, 5.41) is 5.60. The van der Waals surface area contributed by atoms with Gasteiger partial charge in [0.25, 0.3) is 0 Å². The first kappa shape index (κ1) is 22.6. The summed E-state index contributed by atoms with van der Waals surface area (Å²) in [5.74, 6) is 1.13. The van der Waals surface area contributed by atoms with Crippen molar-refractivity contribution in [2.24, 2.45) is 0 Å². The number of aryl methyl sites for hydroxylation is 1. The van der Waals surface area contributed by atoms with Gasteiger partial charge in [-0.1, -0.05) is 12.1 Å². The number of benzene rings is 2. The second-order valence-corrected chi connectivity index (χ2v) is 7.81. The van der Waals surface area contributed by atoms with Crippen LogP contribution in [-0.4, -0.2) is 50.6 Å². The van der Waals surface area contributed by atoms with Gasteiger partial charge in [0.2, 0.25) is 11.8 Å². The maximum absolute atomic E-state index is 12.5. The number of carbonyl (C=O) groups excluding carboxylic acids is 2. The Morgan fingerprint density at radius 1 is 1.10 bits per heavy atom. The Morgan fingerprint density at radius 2 is 1.90 bits per heavy atom. The minimum Gasteiger partial charge on any atom is -0.497 e. The lowest BCUT2D eigenvalue weighted by Gasteiger charge is -2.26. The van der Waals surface area contributed by atoms with Gasteiger partial charge in [-0.05, 0) is 68.6 Å². The zero-order valence-electron chi connectivity index (χ0n) is 18.7. The molecule has 0 radical (unpaired) electrons. The molecular weight excluding hydrogens is 394 g/mol. The molecule has 0 spiro atoms. The minimum atomic E-state index is -0.241. The number of rotatable bonds is 8. The summed E-state index contributed by atoms with van der Waals surface area (Å²) in [6.45, 7) is 4.93. The zero-order chi connectivity index (χ0) is 22.4. The second kappa shape index (κ2) is 10.3. The van der Waals surface area contributed by atoms with Gasteiger partial charge < -0.3 is 20.1 Å². The number of nitrogens with zero attached hydrogens (tertiary/aromatic N) is 1. The van der Waals surface area contributed by atoms with E-state index in [9.17, 15) is 9.59 Å². The summed E-state index contributed by atoms with van der Waals surface area (Å²) in [4.78, 5) is 27.0. The van der Waals surface area contributed by atoms with Crippen molar-refractivity contribution >= 4 is 17.5 Å². The van der Waals surface area contributed by atoms with Crippen LogP contribution in [0.25, 0.3) is 0 Å². The highest BCUT2D eigenvalue weighted by molar-refractivity contribution is 5.95. The molecule has 166 valence electrons. The van der Waals surface area contributed by atoms with Crippen LogP contribution in [0, 0.1) is 13.8 Å². The van der Waals surface area contributed by atoms with Crippen molar-refractivity contribution in [3.63, 3.8) is 0 Å². The Labute approximate surface area is 183 Å². The molecule has 0 aliphatic carbocycles. The van der Waals surface area contributed by atoms with Crippen molar-refractivity contribution in [3.8, 4) is 11.5 Å². The third-order valence-corrected chi connectivity index (χ3v) is 5.83. The van der Waals surface area contributed by atoms with Gasteiger partial charge in [-0.3, -0.25) is 14.5 Å². The molecule has 2 amide bonds. The van der Waals surface area contributed by atoms with Gasteiger partial charge in [0.1, 0.15) is 11.5 Å². The normalized spacial score (nSPS) is 16.1. The molecule has 1 aliphatic rings. The van der Waals surface area contributed by atoms with Crippen molar-refractivity contribution in [1.29, 1.82) is 0 Å². The average molecular weight is 426 g/mol. The minimum absolute atomic E-state index is 0.0623. The quantitative estimate of drug-likeness (QED) is 0.679. The summed E-state index contributed by atoms with van der Waals surface area (Å²) < 4.78 is 10.9. The number of amides is 2. The Morgan fingerprint density at radius 3 is 2.65 bits per heavy atom. The highest BCUT2D eigenvalue weighted by atomic mass is 16.5. The molecule has 2 aromatic rings. The van der Waals surface area contributed by atoms with Crippen LogP contribution in [0.2, 0.25) is 0 Å². The smallest absolute Gasteiger partial charge is 0.243 e. The molecule has 1 heterocycles. The van der Waals surface area contributed by atoms with Crippen LogP contribution in [0.15, 0.2) is 36.4 Å². The van der Waals surface area contributed by atoms with E-state index < -0.39 is 0 Å². The van der Waals surface area contributed by atoms with Gasteiger partial charge in [-0.15, -0.1) is 0 Å². The molecule has 0 unspecified atom stereocenters. The third kappa shape index (κ3) is 5.55. The van der Waals surface area contributed by atoms with Crippen LogP contribution < -0.4 is 20.1 Å². The zero-order valence-corrected chi connectivity index (χ0v) is 18.7. The molecule has 7 nitrogen and oxygen atoms in total. The first-order valence-corrected chi connectivity index (χ1v) is 10.5. The SMILES string of the molecule is COc1ccc(OC)c([C@@H]2CCCN2CC(=O)NCC(=O)Nc2cccc(C)c2C)c1. The Bertz CT molecular complexity index is 944. The van der Waals surface area contributed by atoms with Crippen LogP contribution in [0.3, 0.4) is 0 Å². The Kier molecular flexibility index (Phi) is 7.52. The van der Waals surface area contributed by atoms with Crippen molar-refractivity contribution in [2.75, 3.05) is 39.2 Å². The lowest BCUT2D eigenvalue weighted by molar-refractivity contribution is -0.125. The number of ether oxygens (including phenoxy) is 2. The van der Waals surface area contributed by atoms with E-state index in [4.69, 9.17) is 9.47 Å². The molecule has 0 aromatic heterocycles. The van der Waals surface area contributed by atoms with Gasteiger partial charge >= 0.3 is 0 Å². The molecule has 1 atom stereocenters. The van der Waals surface area contributed by atoms with Gasteiger partial charge in [-0.2, -0.15) is 0 Å². The first-order valence-electron chi connectivity index (χ1n) is 10.5. The van der Waals surface area contributed by atoms with E-state index in [1.807, 2.05) is 50.2 Å². The molecule has 0 bridgehead atoms. The highest BCUT2D eigenvalue weighted by Crippen LogP contribution is 2.38. The summed E-state index contributed by atoms with van der Waals surface area (Å²) in [5.41, 5.74) is 3.91. The lowest BCUT2D eigenvalue weighted by Crippen LogP contribution is -2.40. The van der Waals surface area contributed by atoms with E-state index >= 15 is 0 Å². The second-order valence-electron chi connectivity index (χ2n) is 7.81. The number of carbonyl (C=O) groups is 2. The number of methoxy groups -OCH3 is 2. The van der Waals surface area contributed by atoms with Gasteiger partial charge in [0.15, 0.2) is 0 Å². The Hall–Kier alpha value is -3.06. The summed E-state index contributed by atoms with van der Waals surface area (Å²) in [6, 6.07) is 11.5. The number of hydrogen-bond acceptors (Lipinski definition) is 5. The number of nitrogens with one attached hydrogen (secondary N) is 2. The number of likely N-dealkylation sites (tertiary alicyclic amines) is 1. The maximum Gasteiger partial charge on any atom is 0.243 e. The molecule has 1 aliphatic heterocycles. The predicted molar refractivity (Wildman–Crippen MR) is 121 cm³/mol. The van der Waals surface area contributed by atoms with E-state index in [0.29, 0.717) is 0 Å². The first-order chi connectivity index (χ1) is 14.9. The molecule has 2 N–H and O–H groups in total. The topological polar surface area (TPSA) is 79.9 Å². The van der Waals surface area contributed by atoms with Crippen molar-refractivity contribution in [1.82, 2.24) is 10.2 Å². The van der Waals surface area contributed by atoms with Crippen LogP contribution in [0.5, 0.6) is 11.5 Å². The fourth-order valence-electron chi connectivity index (χ4n) is 3.97. The molecule has 31 heavy (non-hydrogen) atoms. The van der Waals surface area contributed by atoms with E-state index in [1.165, 1.54) is 0 Å². The lowest BCUT2D eigenvalue weighted by atomic mass is 10.0. The molecular formula is C24H31N3O4. The largest absolute Gasteiger partial charge is 0.497 e. The molecule has 2 aromatic carbocycles. The fraction of sp³-hybridized carbons (Fsp3) is 0.417. The van der Waals surface area contributed by atoms with Crippen molar-refractivity contribution < 1.29 is 19.1 Å². The van der Waals surface area contributed by atoms with Crippen molar-refractivity contribution in [2.45, 2.75) is 32.7 Å². The molecule has 7 heteroatoms. The Balaban J connectivity index is 1.57. The predicted octanol–water partition coefficient (Wildman–Crippen LogP) is 3.21. The van der Waals surface area contributed by atoms with Gasteiger partial charge in [0, 0.05) is 17.3 Å². The van der Waals surface area contributed by atoms with Crippen LogP contribution in [0.1, 0.15) is 35.6 Å². The molecule has 3 rings (SSSR count). The van der Waals surface area contributed by atoms with Crippen LogP contribution >= 0.6 is 0 Å². The van der Waals surface area contributed by atoms with Crippen molar-refractivity contribution in [3.05, 3.63) is 53.1 Å². The summed E-state index contributed by atoms with van der Waals surface area (Å²) in [7, 11) is 3.28. The molecule has 1 fully saturated rings. The maximum atomic E-state index is 12.5. The molecule has 0 saturated carbocycles. The van der Waals surface area contributed by atoms with E-state index in [2.05, 4.69) is 15.5 Å². The van der Waals surface area contributed by atoms with Crippen LogP contribution in [-0.2, 0) is 9.59 Å². The van der Waals surface area contributed by atoms with Gasteiger partial charge in [0.05, 0.1) is 27.3 Å². The summed E-state index contributed by atoms with van der Waals surface area (Å²) >= 11 is 0. The third-order valence-electron chi connectivity index (χ3n) is 5.83. The van der Waals surface area contributed by atoms with Crippen LogP contribution in [0.4, 0.5) is 5.69 Å². The average Bonchev–Trinajstić information content (AvgIpc) is 3.22. The van der Waals surface area contributed by atoms with Gasteiger partial charge in [-0.25, -0.2) is 0 Å². The fourth-order valence-corrected chi connectivity index (χ4v) is 3.97. The van der Waals surface area contributed by atoms with E-state index in [0.717, 1.165) is 53.3 Å². The summed E-state index contributed by atoms with van der Waals surface area (Å²) in [6.07, 6.45) is 1.93. The monoisotopic (exact) mass is 425 g/mol.